The molecule has 0 aromatic heterocycles. The first-order chi connectivity index (χ1) is 17.8. The van der Waals surface area contributed by atoms with Gasteiger partial charge in [-0.15, -0.1) is 0 Å². The molecule has 2 saturated heterocycles. The number of hydrogen-bond acceptors (Lipinski definition) is 6. The summed E-state index contributed by atoms with van der Waals surface area (Å²) < 4.78 is 5.28. The Labute approximate surface area is 216 Å². The Morgan fingerprint density at radius 1 is 1.08 bits per heavy atom. The molecule has 2 aliphatic heterocycles. The number of ether oxygens (including phenoxy) is 1. The molecule has 1 aliphatic carbocycles. The lowest BCUT2D eigenvalue weighted by Gasteiger charge is -2.35. The molecule has 2 aromatic rings. The van der Waals surface area contributed by atoms with E-state index < -0.39 is 41.2 Å². The van der Waals surface area contributed by atoms with Gasteiger partial charge in [-0.1, -0.05) is 63.3 Å². The van der Waals surface area contributed by atoms with Crippen molar-refractivity contribution >= 4 is 23.5 Å². The number of aryl methyl sites for hydroxylation is 1. The van der Waals surface area contributed by atoms with E-state index in [1.54, 1.807) is 30.3 Å². The van der Waals surface area contributed by atoms with E-state index >= 15 is 0 Å². The highest BCUT2D eigenvalue weighted by Crippen LogP contribution is 2.54. The average molecular weight is 507 g/mol. The van der Waals surface area contributed by atoms with Crippen molar-refractivity contribution in [2.75, 3.05) is 12.0 Å². The minimum atomic E-state index is -1.63. The van der Waals surface area contributed by atoms with Crippen LogP contribution in [-0.4, -0.2) is 40.6 Å². The van der Waals surface area contributed by atoms with Gasteiger partial charge >= 0.3 is 5.97 Å². The van der Waals surface area contributed by atoms with Crippen LogP contribution in [0.5, 0.6) is 11.5 Å². The summed E-state index contributed by atoms with van der Waals surface area (Å²) in [5.41, 5.74) is 0.233. The lowest BCUT2D eigenvalue weighted by atomic mass is 9.72. The number of para-hydroxylation sites is 1. The number of fused-ring (bicyclic) bond motifs is 1. The average Bonchev–Trinajstić information content (AvgIpc) is 3.38. The molecular formula is C29H34N2O6. The first kappa shape index (κ1) is 25.3. The number of aliphatic carboxylic acids is 1. The number of hydrogen-bond donors (Lipinski definition) is 3. The highest BCUT2D eigenvalue weighted by Gasteiger charge is 2.69. The van der Waals surface area contributed by atoms with Crippen LogP contribution in [0.15, 0.2) is 42.5 Å². The Hall–Kier alpha value is -3.39. The number of amides is 2. The van der Waals surface area contributed by atoms with E-state index in [9.17, 15) is 24.6 Å². The fourth-order valence-electron chi connectivity index (χ4n) is 6.68. The highest BCUT2D eigenvalue weighted by molar-refractivity contribution is 6.24. The molecule has 4 unspecified atom stereocenters. The zero-order chi connectivity index (χ0) is 26.3. The number of carbonyl (C=O) groups excluding carboxylic acids is 2. The number of carboxylic acids is 1. The molecule has 5 rings (SSSR count). The standard InChI is InChI=1S/C29H34N2O6/c1-3-17-12-14-19(15-13-17)31-26(33)22-23(27(31)34)29(28(35)36,16-18-8-5-4-6-9-18)30-24(22)20-10-7-11-21(37-2)25(20)32/h7,10-15,18,22-24,30,32H,3-6,8-9,16H2,1-2H3,(H,35,36). The SMILES string of the molecule is CCc1ccc(N2C(=O)C3C(c4cccc(OC)c4O)NC(CC4CCCCC4)(C(=O)O)C3C2=O)cc1. The number of phenols is 1. The van der Waals surface area contributed by atoms with Gasteiger partial charge in [-0.05, 0) is 42.5 Å². The number of carboxylic acid groups (broad SMARTS) is 1. The summed E-state index contributed by atoms with van der Waals surface area (Å²) in [5.74, 6) is -3.97. The lowest BCUT2D eigenvalue weighted by Crippen LogP contribution is -2.57. The van der Waals surface area contributed by atoms with Crippen molar-refractivity contribution in [1.29, 1.82) is 0 Å². The van der Waals surface area contributed by atoms with Gasteiger partial charge in [0, 0.05) is 11.6 Å². The van der Waals surface area contributed by atoms with Crippen LogP contribution in [0.4, 0.5) is 5.69 Å². The number of benzene rings is 2. The van der Waals surface area contributed by atoms with Gasteiger partial charge in [-0.2, -0.15) is 0 Å². The predicted octanol–water partition coefficient (Wildman–Crippen LogP) is 4.21. The molecule has 2 amide bonds. The molecule has 2 heterocycles. The number of nitrogens with zero attached hydrogens (tertiary/aromatic N) is 1. The number of methoxy groups -OCH3 is 1. The van der Waals surface area contributed by atoms with Crippen molar-refractivity contribution in [2.24, 2.45) is 17.8 Å². The number of anilines is 1. The van der Waals surface area contributed by atoms with E-state index in [-0.39, 0.29) is 23.8 Å². The van der Waals surface area contributed by atoms with Crippen molar-refractivity contribution in [3.63, 3.8) is 0 Å². The summed E-state index contributed by atoms with van der Waals surface area (Å²) in [7, 11) is 1.43. The fourth-order valence-corrected chi connectivity index (χ4v) is 6.68. The number of carbonyl (C=O) groups is 3. The van der Waals surface area contributed by atoms with Gasteiger partial charge in [0.2, 0.25) is 11.8 Å². The van der Waals surface area contributed by atoms with Gasteiger partial charge in [-0.25, -0.2) is 4.90 Å². The second-order valence-electron chi connectivity index (χ2n) is 10.5. The van der Waals surface area contributed by atoms with Gasteiger partial charge in [0.15, 0.2) is 11.5 Å². The monoisotopic (exact) mass is 506 g/mol. The molecule has 2 aromatic carbocycles. The van der Waals surface area contributed by atoms with Crippen LogP contribution in [0.1, 0.15) is 62.6 Å². The summed E-state index contributed by atoms with van der Waals surface area (Å²) in [5, 5.41) is 24.9. The normalized spacial score (nSPS) is 27.9. The second-order valence-corrected chi connectivity index (χ2v) is 10.5. The maximum atomic E-state index is 14.0. The molecule has 1 saturated carbocycles. The molecule has 0 spiro atoms. The number of aromatic hydroxyl groups is 1. The van der Waals surface area contributed by atoms with Gasteiger partial charge < -0.3 is 14.9 Å². The third-order valence-corrected chi connectivity index (χ3v) is 8.56. The Morgan fingerprint density at radius 2 is 1.78 bits per heavy atom. The van der Waals surface area contributed by atoms with E-state index in [0.717, 1.165) is 49.0 Å². The van der Waals surface area contributed by atoms with Crippen molar-refractivity contribution in [2.45, 2.75) is 63.5 Å². The zero-order valence-corrected chi connectivity index (χ0v) is 21.3. The lowest BCUT2D eigenvalue weighted by molar-refractivity contribution is -0.150. The van der Waals surface area contributed by atoms with E-state index in [4.69, 9.17) is 4.74 Å². The minimum Gasteiger partial charge on any atom is -0.504 e. The number of nitrogens with one attached hydrogen (secondary N) is 1. The van der Waals surface area contributed by atoms with Crippen LogP contribution in [0, 0.1) is 17.8 Å². The van der Waals surface area contributed by atoms with E-state index in [2.05, 4.69) is 5.32 Å². The molecule has 3 aliphatic rings. The minimum absolute atomic E-state index is 0.136. The molecule has 0 radical (unpaired) electrons. The first-order valence-electron chi connectivity index (χ1n) is 13.2. The molecule has 8 heteroatoms. The number of imide groups is 1. The van der Waals surface area contributed by atoms with Gasteiger partial charge in [-0.3, -0.25) is 19.7 Å². The van der Waals surface area contributed by atoms with Crippen LogP contribution in [-0.2, 0) is 20.8 Å². The van der Waals surface area contributed by atoms with Gasteiger partial charge in [0.1, 0.15) is 5.54 Å². The summed E-state index contributed by atoms with van der Waals surface area (Å²) in [6.07, 6.45) is 6.04. The Balaban J connectivity index is 1.63. The van der Waals surface area contributed by atoms with Crippen LogP contribution in [0.25, 0.3) is 0 Å². The quantitative estimate of drug-likeness (QED) is 0.482. The van der Waals surface area contributed by atoms with Crippen LogP contribution in [0.2, 0.25) is 0 Å². The number of rotatable bonds is 7. The third kappa shape index (κ3) is 4.07. The fraction of sp³-hybridized carbons (Fsp3) is 0.483. The third-order valence-electron chi connectivity index (χ3n) is 8.56. The van der Waals surface area contributed by atoms with Gasteiger partial charge in [0.05, 0.1) is 24.6 Å². The van der Waals surface area contributed by atoms with E-state index in [1.165, 1.54) is 7.11 Å². The summed E-state index contributed by atoms with van der Waals surface area (Å²) in [6.45, 7) is 2.02. The van der Waals surface area contributed by atoms with Crippen LogP contribution >= 0.6 is 0 Å². The summed E-state index contributed by atoms with van der Waals surface area (Å²) in [6, 6.07) is 11.3. The second kappa shape index (κ2) is 9.82. The Bertz CT molecular complexity index is 1210. The first-order valence-corrected chi connectivity index (χ1v) is 13.2. The summed E-state index contributed by atoms with van der Waals surface area (Å²) in [4.78, 5) is 42.2. The zero-order valence-electron chi connectivity index (χ0n) is 21.3. The molecule has 37 heavy (non-hydrogen) atoms. The predicted molar refractivity (Wildman–Crippen MR) is 137 cm³/mol. The number of phenolic OH excluding ortho intramolecular Hbond substituents is 1. The van der Waals surface area contributed by atoms with Crippen molar-refractivity contribution < 1.29 is 29.3 Å². The highest BCUT2D eigenvalue weighted by atomic mass is 16.5. The molecule has 0 bridgehead atoms. The Morgan fingerprint density at radius 3 is 2.41 bits per heavy atom. The van der Waals surface area contributed by atoms with Crippen molar-refractivity contribution in [3.05, 3.63) is 53.6 Å². The largest absolute Gasteiger partial charge is 0.504 e. The smallest absolute Gasteiger partial charge is 0.324 e. The maximum absolute atomic E-state index is 14.0. The maximum Gasteiger partial charge on any atom is 0.324 e. The van der Waals surface area contributed by atoms with Crippen molar-refractivity contribution in [1.82, 2.24) is 5.32 Å². The Kier molecular flexibility index (Phi) is 6.70. The molecule has 196 valence electrons. The van der Waals surface area contributed by atoms with E-state index in [0.29, 0.717) is 11.3 Å². The summed E-state index contributed by atoms with van der Waals surface area (Å²) >= 11 is 0. The molecule has 8 nitrogen and oxygen atoms in total. The topological polar surface area (TPSA) is 116 Å². The van der Waals surface area contributed by atoms with Crippen LogP contribution in [0.3, 0.4) is 0 Å². The van der Waals surface area contributed by atoms with Gasteiger partial charge in [0.25, 0.3) is 0 Å². The van der Waals surface area contributed by atoms with E-state index in [1.807, 2.05) is 19.1 Å². The van der Waals surface area contributed by atoms with Crippen molar-refractivity contribution in [3.8, 4) is 11.5 Å². The molecule has 3 N–H and O–H groups in total. The molecule has 4 atom stereocenters. The van der Waals surface area contributed by atoms with Crippen LogP contribution < -0.4 is 15.0 Å². The molecular weight excluding hydrogens is 472 g/mol. The molecule has 3 fully saturated rings.